The number of aryl methyl sites for hydroxylation is 1. The number of ether oxygens (including phenoxy) is 1. The molecule has 2 heteroatoms. The van der Waals surface area contributed by atoms with Crippen molar-refractivity contribution < 1.29 is 4.74 Å². The first-order valence-corrected chi connectivity index (χ1v) is 11.2. The molecule has 1 aliphatic carbocycles. The summed E-state index contributed by atoms with van der Waals surface area (Å²) in [4.78, 5) is 4.92. The summed E-state index contributed by atoms with van der Waals surface area (Å²) in [6.07, 6.45) is 15.6. The molecule has 2 nitrogen and oxygen atoms in total. The van der Waals surface area contributed by atoms with Crippen molar-refractivity contribution in [2.24, 2.45) is 5.92 Å². The average Bonchev–Trinajstić information content (AvgIpc) is 2.73. The fourth-order valence-electron chi connectivity index (χ4n) is 3.92. The van der Waals surface area contributed by atoms with Crippen molar-refractivity contribution in [2.45, 2.75) is 71.6 Å². The second-order valence-electron chi connectivity index (χ2n) is 8.05. The zero-order valence-electron chi connectivity index (χ0n) is 17.6. The van der Waals surface area contributed by atoms with E-state index in [-0.39, 0.29) is 0 Å². The van der Waals surface area contributed by atoms with Crippen LogP contribution in [0.5, 0.6) is 5.75 Å². The second kappa shape index (κ2) is 11.0. The molecule has 0 aliphatic heterocycles. The molecule has 1 atom stereocenters. The van der Waals surface area contributed by atoms with Gasteiger partial charge in [-0.3, -0.25) is 4.98 Å². The van der Waals surface area contributed by atoms with Gasteiger partial charge in [-0.05, 0) is 67.0 Å². The van der Waals surface area contributed by atoms with E-state index in [0.717, 1.165) is 43.2 Å². The van der Waals surface area contributed by atoms with Gasteiger partial charge < -0.3 is 4.74 Å². The van der Waals surface area contributed by atoms with Crippen molar-refractivity contribution in [3.63, 3.8) is 0 Å². The van der Waals surface area contributed by atoms with Crippen LogP contribution in [0.15, 0.2) is 36.4 Å². The number of aromatic nitrogens is 1. The molecule has 150 valence electrons. The number of hydrogen-bond acceptors (Lipinski definition) is 2. The quantitative estimate of drug-likeness (QED) is 0.411. The van der Waals surface area contributed by atoms with E-state index in [1.54, 1.807) is 0 Å². The van der Waals surface area contributed by atoms with Crippen LogP contribution >= 0.6 is 0 Å². The maximum atomic E-state index is 5.73. The fourth-order valence-corrected chi connectivity index (χ4v) is 3.92. The fraction of sp³-hybridized carbons (Fsp3) is 0.500. The third kappa shape index (κ3) is 6.22. The lowest BCUT2D eigenvalue weighted by molar-refractivity contribution is 0.309. The Balaban J connectivity index is 1.55. The molecular formula is C26H35NO. The van der Waals surface area contributed by atoms with Crippen LogP contribution in [-0.4, -0.2) is 11.6 Å². The Morgan fingerprint density at radius 2 is 1.79 bits per heavy atom. The molecule has 0 amide bonds. The summed E-state index contributed by atoms with van der Waals surface area (Å²) < 4.78 is 5.73. The minimum absolute atomic E-state index is 0.796. The van der Waals surface area contributed by atoms with Gasteiger partial charge in [-0.1, -0.05) is 70.2 Å². The van der Waals surface area contributed by atoms with Crippen molar-refractivity contribution in [2.75, 3.05) is 6.61 Å². The van der Waals surface area contributed by atoms with Crippen molar-refractivity contribution in [3.05, 3.63) is 58.9 Å². The molecule has 1 heterocycles. The van der Waals surface area contributed by atoms with Crippen molar-refractivity contribution in [1.82, 2.24) is 4.98 Å². The van der Waals surface area contributed by atoms with Crippen LogP contribution in [0.4, 0.5) is 0 Å². The van der Waals surface area contributed by atoms with Crippen LogP contribution in [0.2, 0.25) is 0 Å². The Labute approximate surface area is 171 Å². The molecule has 1 aromatic carbocycles. The van der Waals surface area contributed by atoms with Gasteiger partial charge in [0.1, 0.15) is 5.75 Å². The monoisotopic (exact) mass is 377 g/mol. The van der Waals surface area contributed by atoms with Gasteiger partial charge in [-0.2, -0.15) is 0 Å². The Bertz CT molecular complexity index is 748. The highest BCUT2D eigenvalue weighted by atomic mass is 16.5. The Hall–Kier alpha value is -2.09. The molecule has 0 fully saturated rings. The number of nitrogens with zero attached hydrogens (tertiary/aromatic N) is 1. The molecule has 2 aromatic rings. The normalized spacial score (nSPS) is 16.3. The van der Waals surface area contributed by atoms with Gasteiger partial charge in [-0.15, -0.1) is 0 Å². The highest BCUT2D eigenvalue weighted by Crippen LogP contribution is 2.28. The summed E-state index contributed by atoms with van der Waals surface area (Å²) in [5.41, 5.74) is 5.02. The van der Waals surface area contributed by atoms with Gasteiger partial charge in [0.2, 0.25) is 0 Å². The summed E-state index contributed by atoms with van der Waals surface area (Å²) in [5.74, 6) is 1.81. The molecule has 28 heavy (non-hydrogen) atoms. The molecular weight excluding hydrogens is 342 g/mol. The van der Waals surface area contributed by atoms with Gasteiger partial charge in [-0.25, -0.2) is 0 Å². The lowest BCUT2D eigenvalue weighted by Gasteiger charge is -2.24. The smallest absolute Gasteiger partial charge is 0.119 e. The first-order chi connectivity index (χ1) is 13.8. The predicted molar refractivity (Wildman–Crippen MR) is 120 cm³/mol. The molecule has 0 bridgehead atoms. The zero-order valence-corrected chi connectivity index (χ0v) is 17.6. The third-order valence-corrected chi connectivity index (χ3v) is 5.70. The number of benzene rings is 1. The Morgan fingerprint density at radius 3 is 2.57 bits per heavy atom. The highest BCUT2D eigenvalue weighted by molar-refractivity contribution is 5.68. The van der Waals surface area contributed by atoms with E-state index in [0.29, 0.717) is 0 Å². The first kappa shape index (κ1) is 20.6. The Morgan fingerprint density at radius 1 is 0.964 bits per heavy atom. The van der Waals surface area contributed by atoms with Crippen LogP contribution in [0.25, 0.3) is 12.2 Å². The minimum Gasteiger partial charge on any atom is -0.494 e. The number of hydrogen-bond donors (Lipinski definition) is 0. The summed E-state index contributed by atoms with van der Waals surface area (Å²) in [7, 11) is 0. The standard InChI is InChI=1S/C26H35NO/c1-3-5-7-8-22-12-18-26-23(20-22)13-15-24(27-26)14-9-21-10-16-25(17-11-21)28-19-6-4-2/h9-11,13-17,22H,3-8,12,18-20H2,1-2H3/b14-9+/t22-/m0/s1. The Kier molecular flexibility index (Phi) is 8.14. The SMILES string of the molecule is CCCCC[C@H]1CCc2nc(/C=C/c3ccc(OCCCC)cc3)ccc2C1. The molecule has 0 saturated heterocycles. The first-order valence-electron chi connectivity index (χ1n) is 11.2. The molecule has 0 unspecified atom stereocenters. The summed E-state index contributed by atoms with van der Waals surface area (Å²) >= 11 is 0. The van der Waals surface area contributed by atoms with Gasteiger partial charge in [0.15, 0.2) is 0 Å². The van der Waals surface area contributed by atoms with E-state index < -0.39 is 0 Å². The largest absolute Gasteiger partial charge is 0.494 e. The van der Waals surface area contributed by atoms with Crippen LogP contribution in [0.3, 0.4) is 0 Å². The lowest BCUT2D eigenvalue weighted by atomic mass is 9.83. The predicted octanol–water partition coefficient (Wildman–Crippen LogP) is 7.12. The van der Waals surface area contributed by atoms with E-state index in [1.165, 1.54) is 55.3 Å². The van der Waals surface area contributed by atoms with Crippen LogP contribution < -0.4 is 4.74 Å². The molecule has 0 radical (unpaired) electrons. The third-order valence-electron chi connectivity index (χ3n) is 5.70. The van der Waals surface area contributed by atoms with E-state index in [2.05, 4.69) is 50.3 Å². The van der Waals surface area contributed by atoms with Gasteiger partial charge in [0.25, 0.3) is 0 Å². The summed E-state index contributed by atoms with van der Waals surface area (Å²) in [6.45, 7) is 5.26. The van der Waals surface area contributed by atoms with Crippen molar-refractivity contribution in [1.29, 1.82) is 0 Å². The van der Waals surface area contributed by atoms with Crippen LogP contribution in [-0.2, 0) is 12.8 Å². The van der Waals surface area contributed by atoms with E-state index in [1.807, 2.05) is 12.1 Å². The van der Waals surface area contributed by atoms with Crippen molar-refractivity contribution in [3.8, 4) is 5.75 Å². The van der Waals surface area contributed by atoms with E-state index in [9.17, 15) is 0 Å². The minimum atomic E-state index is 0.796. The van der Waals surface area contributed by atoms with Crippen LogP contribution in [0.1, 0.15) is 81.3 Å². The number of rotatable bonds is 10. The molecule has 0 spiro atoms. The van der Waals surface area contributed by atoms with Gasteiger partial charge >= 0.3 is 0 Å². The summed E-state index contributed by atoms with van der Waals surface area (Å²) in [5, 5.41) is 0. The van der Waals surface area contributed by atoms with Gasteiger partial charge in [0, 0.05) is 5.69 Å². The van der Waals surface area contributed by atoms with E-state index >= 15 is 0 Å². The molecule has 0 N–H and O–H groups in total. The lowest BCUT2D eigenvalue weighted by Crippen LogP contribution is -2.15. The zero-order chi connectivity index (χ0) is 19.6. The number of unbranched alkanes of at least 4 members (excludes halogenated alkanes) is 3. The molecule has 1 aliphatic rings. The molecule has 3 rings (SSSR count). The maximum Gasteiger partial charge on any atom is 0.119 e. The molecule has 0 saturated carbocycles. The van der Waals surface area contributed by atoms with Gasteiger partial charge in [0.05, 0.1) is 12.3 Å². The average molecular weight is 378 g/mol. The van der Waals surface area contributed by atoms with E-state index in [4.69, 9.17) is 9.72 Å². The summed E-state index contributed by atoms with van der Waals surface area (Å²) in [6, 6.07) is 12.8. The van der Waals surface area contributed by atoms with Crippen molar-refractivity contribution >= 4 is 12.2 Å². The van der Waals surface area contributed by atoms with Crippen LogP contribution in [0, 0.1) is 5.92 Å². The second-order valence-corrected chi connectivity index (χ2v) is 8.05. The topological polar surface area (TPSA) is 22.1 Å². The highest BCUT2D eigenvalue weighted by Gasteiger charge is 2.19. The maximum absolute atomic E-state index is 5.73. The molecule has 1 aromatic heterocycles. The number of fused-ring (bicyclic) bond motifs is 1. The number of pyridine rings is 1.